The van der Waals surface area contributed by atoms with Crippen molar-refractivity contribution in [2.24, 2.45) is 4.99 Å². The van der Waals surface area contributed by atoms with Gasteiger partial charge in [0.1, 0.15) is 11.9 Å². The van der Waals surface area contributed by atoms with Crippen LogP contribution in [0.2, 0.25) is 0 Å². The minimum absolute atomic E-state index is 0.153. The van der Waals surface area contributed by atoms with Gasteiger partial charge in [0, 0.05) is 39.2 Å². The topological polar surface area (TPSA) is 59.2 Å². The fraction of sp³-hybridized carbons (Fsp3) is 0.722. The van der Waals surface area contributed by atoms with Gasteiger partial charge in [0.05, 0.1) is 19.0 Å². The number of nitrogens with one attached hydrogen (secondary N) is 1. The Kier molecular flexibility index (Phi) is 6.55. The van der Waals surface area contributed by atoms with Crippen LogP contribution < -0.4 is 5.32 Å². The Hall–Kier alpha value is -1.53. The summed E-state index contributed by atoms with van der Waals surface area (Å²) in [7, 11) is 0. The van der Waals surface area contributed by atoms with E-state index in [2.05, 4.69) is 17.1 Å². The minimum Gasteiger partial charge on any atom is -0.469 e. The molecule has 0 radical (unpaired) electrons. The van der Waals surface area contributed by atoms with Gasteiger partial charge in [-0.25, -0.2) is 0 Å². The Labute approximate surface area is 144 Å². The number of aliphatic imine (C=N–C) groups is 1. The van der Waals surface area contributed by atoms with E-state index >= 15 is 0 Å². The van der Waals surface area contributed by atoms with Gasteiger partial charge in [0.2, 0.25) is 0 Å². The number of rotatable bonds is 6. The Bertz CT molecular complexity index is 498. The van der Waals surface area contributed by atoms with Gasteiger partial charge >= 0.3 is 0 Å². The molecule has 0 aliphatic carbocycles. The molecule has 134 valence electrons. The lowest BCUT2D eigenvalue weighted by Gasteiger charge is -2.37. The van der Waals surface area contributed by atoms with E-state index in [0.717, 1.165) is 76.8 Å². The van der Waals surface area contributed by atoms with Gasteiger partial charge in [-0.1, -0.05) is 6.92 Å². The van der Waals surface area contributed by atoms with Crippen LogP contribution in [0.15, 0.2) is 27.8 Å². The van der Waals surface area contributed by atoms with Crippen LogP contribution in [0, 0.1) is 0 Å². The predicted octanol–water partition coefficient (Wildman–Crippen LogP) is 2.06. The van der Waals surface area contributed by atoms with Gasteiger partial charge in [-0.3, -0.25) is 4.99 Å². The van der Waals surface area contributed by atoms with Crippen molar-refractivity contribution >= 4 is 5.96 Å². The maximum atomic E-state index is 5.95. The van der Waals surface area contributed by atoms with Crippen molar-refractivity contribution in [3.8, 4) is 0 Å². The maximum Gasteiger partial charge on any atom is 0.194 e. The smallest absolute Gasteiger partial charge is 0.194 e. The first-order valence-corrected chi connectivity index (χ1v) is 9.15. The monoisotopic (exact) mass is 335 g/mol. The average molecular weight is 335 g/mol. The quantitative estimate of drug-likeness (QED) is 0.637. The SMILES string of the molecule is CCCN=C(NCCc1ccco1)N1CCOC(C2CCCO2)C1. The first-order valence-electron chi connectivity index (χ1n) is 9.15. The van der Waals surface area contributed by atoms with E-state index in [1.807, 2.05) is 12.1 Å². The van der Waals surface area contributed by atoms with Crippen molar-refractivity contribution in [1.29, 1.82) is 0 Å². The number of hydrogen-bond donors (Lipinski definition) is 1. The third-order valence-corrected chi connectivity index (χ3v) is 4.49. The lowest BCUT2D eigenvalue weighted by molar-refractivity contribution is -0.0817. The summed E-state index contributed by atoms with van der Waals surface area (Å²) >= 11 is 0. The number of furan rings is 1. The fourth-order valence-electron chi connectivity index (χ4n) is 3.23. The highest BCUT2D eigenvalue weighted by molar-refractivity contribution is 5.80. The Morgan fingerprint density at radius 2 is 2.25 bits per heavy atom. The molecule has 0 bridgehead atoms. The molecule has 2 aliphatic heterocycles. The van der Waals surface area contributed by atoms with Crippen molar-refractivity contribution in [3.05, 3.63) is 24.2 Å². The lowest BCUT2D eigenvalue weighted by atomic mass is 10.1. The van der Waals surface area contributed by atoms with Crippen LogP contribution in [0.1, 0.15) is 31.9 Å². The molecule has 0 spiro atoms. The summed E-state index contributed by atoms with van der Waals surface area (Å²) in [5.74, 6) is 1.98. The highest BCUT2D eigenvalue weighted by Gasteiger charge is 2.32. The van der Waals surface area contributed by atoms with E-state index < -0.39 is 0 Å². The van der Waals surface area contributed by atoms with Crippen molar-refractivity contribution in [3.63, 3.8) is 0 Å². The molecule has 1 N–H and O–H groups in total. The number of morpholine rings is 1. The number of guanidine groups is 1. The van der Waals surface area contributed by atoms with Gasteiger partial charge in [-0.2, -0.15) is 0 Å². The molecule has 6 nitrogen and oxygen atoms in total. The van der Waals surface area contributed by atoms with E-state index in [1.165, 1.54) is 0 Å². The summed E-state index contributed by atoms with van der Waals surface area (Å²) in [4.78, 5) is 7.06. The third-order valence-electron chi connectivity index (χ3n) is 4.49. The summed E-state index contributed by atoms with van der Waals surface area (Å²) in [5, 5.41) is 3.49. The Balaban J connectivity index is 1.55. The molecular weight excluding hydrogens is 306 g/mol. The molecule has 3 heterocycles. The Morgan fingerprint density at radius 1 is 1.33 bits per heavy atom. The first kappa shape index (κ1) is 17.3. The lowest BCUT2D eigenvalue weighted by Crippen LogP contribution is -2.53. The maximum absolute atomic E-state index is 5.95. The second-order valence-electron chi connectivity index (χ2n) is 6.37. The van der Waals surface area contributed by atoms with Crippen LogP contribution in [0.5, 0.6) is 0 Å². The molecule has 2 fully saturated rings. The zero-order chi connectivity index (χ0) is 16.6. The molecule has 3 rings (SSSR count). The number of hydrogen-bond acceptors (Lipinski definition) is 4. The summed E-state index contributed by atoms with van der Waals surface area (Å²) in [6, 6.07) is 3.93. The van der Waals surface area contributed by atoms with Crippen LogP contribution in [0.25, 0.3) is 0 Å². The summed E-state index contributed by atoms with van der Waals surface area (Å²) in [6.07, 6.45) is 6.26. The van der Waals surface area contributed by atoms with Gasteiger partial charge in [-0.05, 0) is 31.4 Å². The normalized spacial score (nSPS) is 25.2. The molecule has 0 amide bonds. The zero-order valence-electron chi connectivity index (χ0n) is 14.6. The summed E-state index contributed by atoms with van der Waals surface area (Å²) in [5.41, 5.74) is 0. The van der Waals surface area contributed by atoms with Crippen molar-refractivity contribution in [1.82, 2.24) is 10.2 Å². The first-order chi connectivity index (χ1) is 11.9. The van der Waals surface area contributed by atoms with Gasteiger partial charge in [0.25, 0.3) is 0 Å². The molecule has 1 aromatic rings. The molecule has 2 unspecified atom stereocenters. The third kappa shape index (κ3) is 4.74. The molecule has 2 atom stereocenters. The molecule has 0 aromatic carbocycles. The average Bonchev–Trinajstić information content (AvgIpc) is 3.31. The van der Waals surface area contributed by atoms with Gasteiger partial charge in [0.15, 0.2) is 5.96 Å². The van der Waals surface area contributed by atoms with Crippen LogP contribution in [0.4, 0.5) is 0 Å². The minimum atomic E-state index is 0.153. The van der Waals surface area contributed by atoms with E-state index in [-0.39, 0.29) is 12.2 Å². The Morgan fingerprint density at radius 3 is 3.00 bits per heavy atom. The van der Waals surface area contributed by atoms with E-state index in [0.29, 0.717) is 0 Å². The highest BCUT2D eigenvalue weighted by Crippen LogP contribution is 2.21. The largest absolute Gasteiger partial charge is 0.469 e. The van der Waals surface area contributed by atoms with Gasteiger partial charge < -0.3 is 24.1 Å². The van der Waals surface area contributed by atoms with E-state index in [4.69, 9.17) is 18.9 Å². The molecule has 2 saturated heterocycles. The zero-order valence-corrected chi connectivity index (χ0v) is 14.6. The predicted molar refractivity (Wildman–Crippen MR) is 93.3 cm³/mol. The number of ether oxygens (including phenoxy) is 2. The van der Waals surface area contributed by atoms with Crippen LogP contribution >= 0.6 is 0 Å². The van der Waals surface area contributed by atoms with Crippen LogP contribution in [-0.2, 0) is 15.9 Å². The fourth-order valence-corrected chi connectivity index (χ4v) is 3.23. The molecule has 2 aliphatic rings. The summed E-state index contributed by atoms with van der Waals surface area (Å²) < 4.78 is 17.1. The molecule has 6 heteroatoms. The van der Waals surface area contributed by atoms with Crippen molar-refractivity contribution < 1.29 is 13.9 Å². The highest BCUT2D eigenvalue weighted by atomic mass is 16.5. The second kappa shape index (κ2) is 9.08. The molecule has 24 heavy (non-hydrogen) atoms. The number of nitrogens with zero attached hydrogens (tertiary/aromatic N) is 2. The summed E-state index contributed by atoms with van der Waals surface area (Å²) in [6.45, 7) is 7.13. The van der Waals surface area contributed by atoms with E-state index in [1.54, 1.807) is 6.26 Å². The van der Waals surface area contributed by atoms with E-state index in [9.17, 15) is 0 Å². The standard InChI is InChI=1S/C18H29N3O3/c1-2-8-19-18(20-9-7-15-5-3-11-22-15)21-10-13-24-17(14-21)16-6-4-12-23-16/h3,5,11,16-17H,2,4,6-10,12-14H2,1H3,(H,19,20). The van der Waals surface area contributed by atoms with Crippen LogP contribution in [0.3, 0.4) is 0 Å². The molecular formula is C18H29N3O3. The second-order valence-corrected chi connectivity index (χ2v) is 6.37. The molecule has 0 saturated carbocycles. The van der Waals surface area contributed by atoms with Gasteiger partial charge in [-0.15, -0.1) is 0 Å². The van der Waals surface area contributed by atoms with Crippen LogP contribution in [-0.4, -0.2) is 62.5 Å². The van der Waals surface area contributed by atoms with Crippen molar-refractivity contribution in [2.45, 2.75) is 44.8 Å². The molecule has 1 aromatic heterocycles. The van der Waals surface area contributed by atoms with Crippen molar-refractivity contribution in [2.75, 3.05) is 39.4 Å².